The normalized spacial score (nSPS) is 10.6. The number of anilines is 1. The van der Waals surface area contributed by atoms with Crippen LogP contribution in [0.2, 0.25) is 0 Å². The van der Waals surface area contributed by atoms with Gasteiger partial charge in [-0.2, -0.15) is 4.98 Å². The number of aromatic nitrogens is 2. The highest BCUT2D eigenvalue weighted by Gasteiger charge is 2.05. The first kappa shape index (κ1) is 17.7. The molecule has 0 saturated heterocycles. The maximum absolute atomic E-state index is 5.68. The Bertz CT molecular complexity index is 386. The fourth-order valence-electron chi connectivity index (χ4n) is 1.78. The van der Waals surface area contributed by atoms with Crippen molar-refractivity contribution in [3.63, 3.8) is 0 Å². The molecule has 0 aliphatic carbocycles. The second kappa shape index (κ2) is 11.3. The highest BCUT2D eigenvalue weighted by molar-refractivity contribution is 5.38. The summed E-state index contributed by atoms with van der Waals surface area (Å²) in [4.78, 5) is 8.93. The largest absolute Gasteiger partial charge is 0.475 e. The Morgan fingerprint density at radius 1 is 1.00 bits per heavy atom. The van der Waals surface area contributed by atoms with Gasteiger partial charge < -0.3 is 14.8 Å². The zero-order valence-electron chi connectivity index (χ0n) is 13.7. The monoisotopic (exact) mass is 295 g/mol. The van der Waals surface area contributed by atoms with Crippen LogP contribution in [0, 0.1) is 0 Å². The van der Waals surface area contributed by atoms with Crippen LogP contribution in [-0.4, -0.2) is 36.3 Å². The van der Waals surface area contributed by atoms with Gasteiger partial charge in [0.1, 0.15) is 18.2 Å². The number of nitrogens with zero attached hydrogens (tertiary/aromatic N) is 2. The van der Waals surface area contributed by atoms with Crippen LogP contribution in [0.1, 0.15) is 52.3 Å². The van der Waals surface area contributed by atoms with Crippen LogP contribution in [-0.2, 0) is 11.2 Å². The number of rotatable bonds is 12. The van der Waals surface area contributed by atoms with Crippen molar-refractivity contribution in [3.05, 3.63) is 11.9 Å². The van der Waals surface area contributed by atoms with E-state index in [1.807, 2.05) is 6.07 Å². The van der Waals surface area contributed by atoms with Crippen LogP contribution < -0.4 is 10.1 Å². The number of aryl methyl sites for hydroxylation is 1. The number of hydrogen-bond acceptors (Lipinski definition) is 5. The summed E-state index contributed by atoms with van der Waals surface area (Å²) < 4.78 is 11.2. The summed E-state index contributed by atoms with van der Waals surface area (Å²) in [6, 6.07) is 1.86. The second-order valence-electron chi connectivity index (χ2n) is 5.00. The van der Waals surface area contributed by atoms with Gasteiger partial charge in [0.15, 0.2) is 0 Å². The molecule has 0 aliphatic rings. The lowest BCUT2D eigenvalue weighted by atomic mass is 10.3. The Balaban J connectivity index is 2.48. The first-order chi connectivity index (χ1) is 10.3. The van der Waals surface area contributed by atoms with Gasteiger partial charge in [0.05, 0.1) is 6.61 Å². The molecule has 5 nitrogen and oxygen atoms in total. The third-order valence-electron chi connectivity index (χ3n) is 2.90. The van der Waals surface area contributed by atoms with Crippen LogP contribution >= 0.6 is 0 Å². The molecule has 1 N–H and O–H groups in total. The lowest BCUT2D eigenvalue weighted by molar-refractivity contribution is 0.0964. The van der Waals surface area contributed by atoms with E-state index in [-0.39, 0.29) is 0 Å². The van der Waals surface area contributed by atoms with Crippen molar-refractivity contribution in [2.45, 2.75) is 52.9 Å². The van der Waals surface area contributed by atoms with Crippen molar-refractivity contribution in [1.29, 1.82) is 0 Å². The topological polar surface area (TPSA) is 56.3 Å². The van der Waals surface area contributed by atoms with Crippen LogP contribution in [0.4, 0.5) is 5.82 Å². The molecule has 5 heteroatoms. The SMILES string of the molecule is CCCCOCCOc1cc(NCCC)nc(CCC)n1. The molecule has 1 rings (SSSR count). The van der Waals surface area contributed by atoms with Gasteiger partial charge in [-0.25, -0.2) is 4.98 Å². The van der Waals surface area contributed by atoms with Crippen LogP contribution in [0.25, 0.3) is 0 Å². The summed E-state index contributed by atoms with van der Waals surface area (Å²) in [7, 11) is 0. The zero-order chi connectivity index (χ0) is 15.3. The van der Waals surface area contributed by atoms with Gasteiger partial charge in [-0.3, -0.25) is 0 Å². The lowest BCUT2D eigenvalue weighted by Crippen LogP contribution is -2.11. The fourth-order valence-corrected chi connectivity index (χ4v) is 1.78. The maximum atomic E-state index is 5.68. The van der Waals surface area contributed by atoms with Gasteiger partial charge in [0.2, 0.25) is 5.88 Å². The van der Waals surface area contributed by atoms with E-state index >= 15 is 0 Å². The summed E-state index contributed by atoms with van der Waals surface area (Å²) in [6.07, 6.45) is 5.20. The lowest BCUT2D eigenvalue weighted by Gasteiger charge is -2.10. The van der Waals surface area contributed by atoms with Crippen molar-refractivity contribution in [1.82, 2.24) is 9.97 Å². The second-order valence-corrected chi connectivity index (χ2v) is 5.00. The first-order valence-corrected chi connectivity index (χ1v) is 8.12. The smallest absolute Gasteiger partial charge is 0.218 e. The van der Waals surface area contributed by atoms with Crippen molar-refractivity contribution < 1.29 is 9.47 Å². The molecule has 0 atom stereocenters. The van der Waals surface area contributed by atoms with Gasteiger partial charge in [0.25, 0.3) is 0 Å². The molecule has 21 heavy (non-hydrogen) atoms. The Morgan fingerprint density at radius 2 is 1.86 bits per heavy atom. The van der Waals surface area contributed by atoms with Gasteiger partial charge in [-0.05, 0) is 19.3 Å². The maximum Gasteiger partial charge on any atom is 0.218 e. The average molecular weight is 295 g/mol. The van der Waals surface area contributed by atoms with Crippen molar-refractivity contribution in [2.24, 2.45) is 0 Å². The highest BCUT2D eigenvalue weighted by Crippen LogP contribution is 2.14. The molecule has 0 unspecified atom stereocenters. The predicted octanol–water partition coefficient (Wildman–Crippen LogP) is 3.45. The fraction of sp³-hybridized carbons (Fsp3) is 0.750. The Hall–Kier alpha value is -1.36. The summed E-state index contributed by atoms with van der Waals surface area (Å²) in [6.45, 7) is 9.24. The molecule has 120 valence electrons. The molecule has 0 fully saturated rings. The number of nitrogens with one attached hydrogen (secondary N) is 1. The van der Waals surface area contributed by atoms with Gasteiger partial charge in [-0.15, -0.1) is 0 Å². The van der Waals surface area contributed by atoms with Crippen molar-refractivity contribution in [3.8, 4) is 5.88 Å². The molecule has 1 aromatic heterocycles. The molecule has 0 saturated carbocycles. The standard InChI is InChI=1S/C16H29N3O2/c1-4-7-10-20-11-12-21-16-13-15(17-9-6-3)18-14(19-16)8-5-2/h13H,4-12H2,1-3H3,(H,17,18,19). The van der Waals surface area contributed by atoms with Crippen molar-refractivity contribution >= 4 is 5.82 Å². The Morgan fingerprint density at radius 3 is 2.57 bits per heavy atom. The number of ether oxygens (including phenoxy) is 2. The molecular formula is C16H29N3O2. The molecule has 0 bridgehead atoms. The van der Waals surface area contributed by atoms with Crippen molar-refractivity contribution in [2.75, 3.05) is 31.7 Å². The number of unbranched alkanes of at least 4 members (excludes halogenated alkanes) is 1. The van der Waals surface area contributed by atoms with Crippen LogP contribution in [0.15, 0.2) is 6.07 Å². The number of hydrogen-bond donors (Lipinski definition) is 1. The summed E-state index contributed by atoms with van der Waals surface area (Å²) in [5, 5.41) is 3.29. The van der Waals surface area contributed by atoms with Crippen LogP contribution in [0.3, 0.4) is 0 Å². The molecular weight excluding hydrogens is 266 g/mol. The summed E-state index contributed by atoms with van der Waals surface area (Å²) in [5.74, 6) is 2.31. The van der Waals surface area contributed by atoms with Gasteiger partial charge >= 0.3 is 0 Å². The molecule has 1 aromatic rings. The van der Waals surface area contributed by atoms with E-state index in [1.54, 1.807) is 0 Å². The van der Waals surface area contributed by atoms with Gasteiger partial charge in [0, 0.05) is 25.6 Å². The highest BCUT2D eigenvalue weighted by atomic mass is 16.5. The minimum absolute atomic E-state index is 0.527. The van der Waals surface area contributed by atoms with Gasteiger partial charge in [-0.1, -0.05) is 27.2 Å². The van der Waals surface area contributed by atoms with E-state index in [0.717, 1.165) is 56.9 Å². The molecule has 0 aliphatic heterocycles. The first-order valence-electron chi connectivity index (χ1n) is 8.12. The third kappa shape index (κ3) is 7.85. The molecule has 0 spiro atoms. The molecule has 0 amide bonds. The summed E-state index contributed by atoms with van der Waals surface area (Å²) >= 11 is 0. The third-order valence-corrected chi connectivity index (χ3v) is 2.90. The Labute approximate surface area is 128 Å². The molecule has 0 radical (unpaired) electrons. The quantitative estimate of drug-likeness (QED) is 0.599. The Kier molecular flexibility index (Phi) is 9.53. The van der Waals surface area contributed by atoms with E-state index in [1.165, 1.54) is 0 Å². The van der Waals surface area contributed by atoms with Crippen LogP contribution in [0.5, 0.6) is 5.88 Å². The van der Waals surface area contributed by atoms with E-state index in [2.05, 4.69) is 36.1 Å². The minimum Gasteiger partial charge on any atom is -0.475 e. The minimum atomic E-state index is 0.527. The van der Waals surface area contributed by atoms with E-state index in [4.69, 9.17) is 9.47 Å². The van der Waals surface area contributed by atoms with E-state index in [9.17, 15) is 0 Å². The van der Waals surface area contributed by atoms with E-state index in [0.29, 0.717) is 19.1 Å². The zero-order valence-corrected chi connectivity index (χ0v) is 13.7. The summed E-state index contributed by atoms with van der Waals surface area (Å²) in [5.41, 5.74) is 0. The molecule has 0 aromatic carbocycles. The van der Waals surface area contributed by atoms with E-state index < -0.39 is 0 Å². The predicted molar refractivity (Wildman–Crippen MR) is 86.0 cm³/mol. The molecule has 1 heterocycles. The average Bonchev–Trinajstić information content (AvgIpc) is 2.49.